The average molecular weight is 472 g/mol. The number of anilines is 1. The minimum absolute atomic E-state index is 0.0749. The maximum atomic E-state index is 12.8. The highest BCUT2D eigenvalue weighted by molar-refractivity contribution is 5.94. The topological polar surface area (TPSA) is 35.6 Å². The van der Waals surface area contributed by atoms with E-state index in [2.05, 4.69) is 47.5 Å². The summed E-state index contributed by atoms with van der Waals surface area (Å²) in [5.74, 6) is 1.00. The highest BCUT2D eigenvalue weighted by Crippen LogP contribution is 2.20. The molecule has 0 radical (unpaired) electrons. The minimum atomic E-state index is 0.0749. The number of carbonyl (C=O) groups excluding carboxylic acids is 1. The van der Waals surface area contributed by atoms with Gasteiger partial charge in [-0.1, -0.05) is 91.9 Å². The molecular formula is C31H41N3O. The van der Waals surface area contributed by atoms with Crippen LogP contribution in [0.3, 0.4) is 0 Å². The molecule has 1 aliphatic heterocycles. The van der Waals surface area contributed by atoms with E-state index in [1.807, 2.05) is 73.8 Å². The molecule has 4 heteroatoms. The Morgan fingerprint density at radius 1 is 0.943 bits per heavy atom. The molecule has 1 aliphatic rings. The van der Waals surface area contributed by atoms with Crippen LogP contribution in [0.5, 0.6) is 0 Å². The van der Waals surface area contributed by atoms with Crippen molar-refractivity contribution in [2.75, 3.05) is 38.1 Å². The van der Waals surface area contributed by atoms with Crippen molar-refractivity contribution in [1.29, 1.82) is 0 Å². The van der Waals surface area contributed by atoms with Crippen LogP contribution in [0.2, 0.25) is 0 Å². The van der Waals surface area contributed by atoms with E-state index >= 15 is 0 Å². The number of amides is 1. The molecule has 0 spiro atoms. The van der Waals surface area contributed by atoms with Crippen LogP contribution in [0.4, 0.5) is 5.69 Å². The zero-order chi connectivity index (χ0) is 24.7. The number of para-hydroxylation sites is 1. The van der Waals surface area contributed by atoms with Crippen molar-refractivity contribution < 1.29 is 4.79 Å². The summed E-state index contributed by atoms with van der Waals surface area (Å²) < 4.78 is 0. The quantitative estimate of drug-likeness (QED) is 0.376. The Morgan fingerprint density at radius 2 is 1.51 bits per heavy atom. The van der Waals surface area contributed by atoms with Crippen molar-refractivity contribution in [1.82, 2.24) is 10.2 Å². The third kappa shape index (κ3) is 9.31. The number of nitrogens with one attached hydrogen (secondary N) is 1. The predicted octanol–water partition coefficient (Wildman–Crippen LogP) is 5.86. The summed E-state index contributed by atoms with van der Waals surface area (Å²) in [5.41, 5.74) is 2.36. The van der Waals surface area contributed by atoms with E-state index in [0.717, 1.165) is 44.7 Å². The van der Waals surface area contributed by atoms with Gasteiger partial charge < -0.3 is 10.2 Å². The van der Waals surface area contributed by atoms with E-state index < -0.39 is 0 Å². The molecule has 2 atom stereocenters. The van der Waals surface area contributed by atoms with Crippen molar-refractivity contribution >= 4 is 11.6 Å². The van der Waals surface area contributed by atoms with Crippen molar-refractivity contribution in [3.8, 4) is 0 Å². The maximum absolute atomic E-state index is 12.8. The van der Waals surface area contributed by atoms with Crippen molar-refractivity contribution in [3.05, 3.63) is 103 Å². The third-order valence-corrected chi connectivity index (χ3v) is 6.70. The van der Waals surface area contributed by atoms with E-state index in [0.29, 0.717) is 5.92 Å². The van der Waals surface area contributed by atoms with Crippen LogP contribution in [0.25, 0.3) is 0 Å². The molecule has 3 aromatic carbocycles. The van der Waals surface area contributed by atoms with Gasteiger partial charge in [-0.05, 0) is 62.5 Å². The van der Waals surface area contributed by atoms with E-state index in [1.165, 1.54) is 18.5 Å². The summed E-state index contributed by atoms with van der Waals surface area (Å²) in [6.45, 7) is 7.45. The molecule has 1 unspecified atom stereocenters. The predicted molar refractivity (Wildman–Crippen MR) is 147 cm³/mol. The zero-order valence-corrected chi connectivity index (χ0v) is 21.4. The van der Waals surface area contributed by atoms with Gasteiger partial charge in [0, 0.05) is 31.7 Å². The molecule has 0 saturated carbocycles. The van der Waals surface area contributed by atoms with Crippen LogP contribution in [0, 0.1) is 11.8 Å². The molecule has 0 aliphatic carbocycles. The van der Waals surface area contributed by atoms with Gasteiger partial charge in [-0.15, -0.1) is 0 Å². The molecule has 1 amide bonds. The monoisotopic (exact) mass is 471 g/mol. The number of carbonyl (C=O) groups is 1. The highest BCUT2D eigenvalue weighted by atomic mass is 16.2. The van der Waals surface area contributed by atoms with Crippen molar-refractivity contribution in [3.63, 3.8) is 0 Å². The zero-order valence-electron chi connectivity index (χ0n) is 21.4. The van der Waals surface area contributed by atoms with E-state index in [9.17, 15) is 4.79 Å². The number of benzene rings is 3. The smallest absolute Gasteiger partial charge is 0.229 e. The molecule has 35 heavy (non-hydrogen) atoms. The van der Waals surface area contributed by atoms with E-state index in [1.54, 1.807) is 4.90 Å². The van der Waals surface area contributed by atoms with Gasteiger partial charge in [-0.2, -0.15) is 0 Å². The first kappa shape index (κ1) is 26.7. The van der Waals surface area contributed by atoms with Gasteiger partial charge in [0.25, 0.3) is 0 Å². The van der Waals surface area contributed by atoms with Gasteiger partial charge >= 0.3 is 0 Å². The molecule has 1 heterocycles. The molecule has 1 fully saturated rings. The summed E-state index contributed by atoms with van der Waals surface area (Å²) in [4.78, 5) is 17.2. The molecule has 1 N–H and O–H groups in total. The van der Waals surface area contributed by atoms with E-state index in [4.69, 9.17) is 0 Å². The number of rotatable bonds is 10. The van der Waals surface area contributed by atoms with Gasteiger partial charge in [0.1, 0.15) is 0 Å². The molecule has 0 aromatic heterocycles. The second kappa shape index (κ2) is 15.1. The molecule has 3 aromatic rings. The van der Waals surface area contributed by atoms with Gasteiger partial charge in [-0.3, -0.25) is 9.69 Å². The lowest BCUT2D eigenvalue weighted by Crippen LogP contribution is -2.35. The Hall–Kier alpha value is -2.95. The van der Waals surface area contributed by atoms with Crippen LogP contribution in [0.1, 0.15) is 31.7 Å². The van der Waals surface area contributed by atoms with Crippen molar-refractivity contribution in [2.24, 2.45) is 11.8 Å². The van der Waals surface area contributed by atoms with Crippen LogP contribution in [-0.2, 0) is 11.3 Å². The first-order valence-electron chi connectivity index (χ1n) is 13.0. The lowest BCUT2D eigenvalue weighted by molar-refractivity contribution is -0.122. The summed E-state index contributed by atoms with van der Waals surface area (Å²) in [6, 6.07) is 32.6. The molecule has 186 valence electrons. The Kier molecular flexibility index (Phi) is 11.5. The largest absolute Gasteiger partial charge is 0.316 e. The van der Waals surface area contributed by atoms with Crippen LogP contribution >= 0.6 is 0 Å². The van der Waals surface area contributed by atoms with Gasteiger partial charge in [0.2, 0.25) is 5.91 Å². The lowest BCUT2D eigenvalue weighted by atomic mass is 10.00. The summed E-state index contributed by atoms with van der Waals surface area (Å²) in [5, 5.41) is 3.61. The fourth-order valence-corrected chi connectivity index (χ4v) is 4.59. The molecule has 0 bridgehead atoms. The van der Waals surface area contributed by atoms with E-state index in [-0.39, 0.29) is 11.8 Å². The maximum Gasteiger partial charge on any atom is 0.229 e. The third-order valence-electron chi connectivity index (χ3n) is 6.70. The fourth-order valence-electron chi connectivity index (χ4n) is 4.59. The Labute approximate surface area is 212 Å². The Bertz CT molecular complexity index is 922. The van der Waals surface area contributed by atoms with Gasteiger partial charge in [0.05, 0.1) is 0 Å². The van der Waals surface area contributed by atoms with Crippen molar-refractivity contribution in [2.45, 2.75) is 32.7 Å². The van der Waals surface area contributed by atoms with Gasteiger partial charge in [0.15, 0.2) is 0 Å². The Balaban J connectivity index is 0.000000497. The number of hydrogen-bond acceptors (Lipinski definition) is 3. The van der Waals surface area contributed by atoms with Gasteiger partial charge in [-0.25, -0.2) is 0 Å². The second-order valence-electron chi connectivity index (χ2n) is 9.36. The average Bonchev–Trinajstić information content (AvgIpc) is 3.37. The van der Waals surface area contributed by atoms with Crippen LogP contribution in [0.15, 0.2) is 97.1 Å². The molecule has 1 saturated heterocycles. The fraction of sp³-hybridized carbons (Fsp3) is 0.387. The number of nitrogens with zero attached hydrogens (tertiary/aromatic N) is 2. The number of likely N-dealkylation sites (tertiary alicyclic amines) is 1. The standard InChI is InChI=1S/C25H35N3O.C6H6/c1-3-23(25(29)27(2)24-12-8-5-9-13-24)14-16-26-18-22-15-17-28(20-22)19-21-10-6-4-7-11-21;1-2-4-6-5-3-1/h4-13,22-23,26H,3,14-20H2,1-2H3;1-6H/t22-,23?;/m0./s1. The first-order chi connectivity index (χ1) is 17.2. The highest BCUT2D eigenvalue weighted by Gasteiger charge is 2.23. The first-order valence-corrected chi connectivity index (χ1v) is 13.0. The molecule has 4 rings (SSSR count). The van der Waals surface area contributed by atoms with Crippen LogP contribution in [-0.4, -0.2) is 44.0 Å². The summed E-state index contributed by atoms with van der Waals surface area (Å²) >= 11 is 0. The second-order valence-corrected chi connectivity index (χ2v) is 9.36. The minimum Gasteiger partial charge on any atom is -0.316 e. The van der Waals surface area contributed by atoms with Crippen LogP contribution < -0.4 is 10.2 Å². The normalized spacial score (nSPS) is 16.2. The summed E-state index contributed by atoms with van der Waals surface area (Å²) in [6.07, 6.45) is 3.03. The molecular weight excluding hydrogens is 430 g/mol. The molecule has 4 nitrogen and oxygen atoms in total. The summed E-state index contributed by atoms with van der Waals surface area (Å²) in [7, 11) is 1.88. The SMILES string of the molecule is CCC(CCNC[C@@H]1CCN(Cc2ccccc2)C1)C(=O)N(C)c1ccccc1.c1ccccc1. The number of hydrogen-bond donors (Lipinski definition) is 1. The Morgan fingerprint density at radius 3 is 2.11 bits per heavy atom. The lowest BCUT2D eigenvalue weighted by Gasteiger charge is -2.23.